The van der Waals surface area contributed by atoms with E-state index in [1.165, 1.54) is 32.5 Å². The van der Waals surface area contributed by atoms with Crippen molar-refractivity contribution < 1.29 is 0 Å². The van der Waals surface area contributed by atoms with Gasteiger partial charge in [-0.1, -0.05) is 6.92 Å². The van der Waals surface area contributed by atoms with E-state index < -0.39 is 0 Å². The van der Waals surface area contributed by atoms with Gasteiger partial charge in [0.1, 0.15) is 0 Å². The summed E-state index contributed by atoms with van der Waals surface area (Å²) in [4.78, 5) is 2.70. The monoisotopic (exact) mass is 168 g/mol. The number of nitrogens with zero attached hydrogens (tertiary/aromatic N) is 1. The lowest BCUT2D eigenvalue weighted by Gasteiger charge is -2.27. The molecule has 2 nitrogen and oxygen atoms in total. The lowest BCUT2D eigenvalue weighted by molar-refractivity contribution is 0.194. The second-order valence-electron chi connectivity index (χ2n) is 4.54. The van der Waals surface area contributed by atoms with Gasteiger partial charge in [0.25, 0.3) is 0 Å². The Morgan fingerprint density at radius 1 is 1.17 bits per heavy atom. The van der Waals surface area contributed by atoms with E-state index in [1.54, 1.807) is 0 Å². The molecule has 70 valence electrons. The zero-order valence-corrected chi connectivity index (χ0v) is 8.21. The topological polar surface area (TPSA) is 15.3 Å². The average molecular weight is 168 g/mol. The highest BCUT2D eigenvalue weighted by molar-refractivity contribution is 4.90. The molecule has 0 amide bonds. The van der Waals surface area contributed by atoms with Crippen LogP contribution in [0.5, 0.6) is 0 Å². The molecule has 0 aromatic rings. The first-order chi connectivity index (χ1) is 5.77. The van der Waals surface area contributed by atoms with Gasteiger partial charge in [0.2, 0.25) is 0 Å². The number of hydrogen-bond donors (Lipinski definition) is 1. The van der Waals surface area contributed by atoms with Crippen molar-refractivity contribution in [3.63, 3.8) is 0 Å². The minimum atomic E-state index is 0.752. The lowest BCUT2D eigenvalue weighted by atomic mass is 10.1. The fourth-order valence-corrected chi connectivity index (χ4v) is 2.18. The minimum absolute atomic E-state index is 0.752. The van der Waals surface area contributed by atoms with E-state index in [0.717, 1.165) is 18.0 Å². The van der Waals surface area contributed by atoms with Crippen LogP contribution in [-0.4, -0.2) is 36.6 Å². The molecule has 1 saturated carbocycles. The van der Waals surface area contributed by atoms with E-state index in [9.17, 15) is 0 Å². The Morgan fingerprint density at radius 3 is 2.58 bits per heavy atom. The quantitative estimate of drug-likeness (QED) is 0.630. The molecule has 1 saturated heterocycles. The summed E-state index contributed by atoms with van der Waals surface area (Å²) in [5.74, 6) is 0.829. The largest absolute Gasteiger partial charge is 0.315 e. The maximum Gasteiger partial charge on any atom is 0.0195 e. The number of hydrogen-bond acceptors (Lipinski definition) is 2. The van der Waals surface area contributed by atoms with Gasteiger partial charge in [-0.15, -0.1) is 0 Å². The highest BCUT2D eigenvalue weighted by Crippen LogP contribution is 2.29. The van der Waals surface area contributed by atoms with E-state index in [4.69, 9.17) is 0 Å². The van der Waals surface area contributed by atoms with Crippen molar-refractivity contribution in [1.29, 1.82) is 0 Å². The molecule has 0 bridgehead atoms. The van der Waals surface area contributed by atoms with Crippen LogP contribution >= 0.6 is 0 Å². The molecule has 0 radical (unpaired) electrons. The van der Waals surface area contributed by atoms with Gasteiger partial charge in [0, 0.05) is 25.2 Å². The highest BCUT2D eigenvalue weighted by Gasteiger charge is 2.33. The van der Waals surface area contributed by atoms with Crippen molar-refractivity contribution in [3.05, 3.63) is 0 Å². The van der Waals surface area contributed by atoms with Crippen LogP contribution in [0.1, 0.15) is 26.7 Å². The second-order valence-corrected chi connectivity index (χ2v) is 4.54. The molecule has 1 aliphatic carbocycles. The van der Waals surface area contributed by atoms with Crippen molar-refractivity contribution >= 4 is 0 Å². The van der Waals surface area contributed by atoms with Crippen LogP contribution in [0, 0.1) is 5.92 Å². The van der Waals surface area contributed by atoms with Crippen molar-refractivity contribution in [1.82, 2.24) is 10.2 Å². The molecular weight excluding hydrogens is 148 g/mol. The standard InChI is InChI=1S/C10H20N2/c1-8-5-11-6-9(2)12(7-8)10-3-4-10/h8-11H,3-7H2,1-2H3. The molecule has 2 fully saturated rings. The van der Waals surface area contributed by atoms with Gasteiger partial charge >= 0.3 is 0 Å². The summed E-state index contributed by atoms with van der Waals surface area (Å²) in [6.07, 6.45) is 2.88. The zero-order valence-electron chi connectivity index (χ0n) is 8.21. The van der Waals surface area contributed by atoms with Gasteiger partial charge in [-0.05, 0) is 32.2 Å². The third-order valence-corrected chi connectivity index (χ3v) is 3.04. The predicted molar refractivity (Wildman–Crippen MR) is 51.2 cm³/mol. The van der Waals surface area contributed by atoms with Crippen molar-refractivity contribution in [3.8, 4) is 0 Å². The van der Waals surface area contributed by atoms with Gasteiger partial charge in [-0.3, -0.25) is 4.90 Å². The Bertz CT molecular complexity index is 154. The summed E-state index contributed by atoms with van der Waals surface area (Å²) >= 11 is 0. The fourth-order valence-electron chi connectivity index (χ4n) is 2.18. The number of rotatable bonds is 1. The van der Waals surface area contributed by atoms with Crippen LogP contribution in [0.4, 0.5) is 0 Å². The summed E-state index contributed by atoms with van der Waals surface area (Å²) < 4.78 is 0. The molecule has 2 aliphatic rings. The molecule has 2 rings (SSSR count). The molecule has 0 spiro atoms. The third kappa shape index (κ3) is 1.80. The van der Waals surface area contributed by atoms with Crippen LogP contribution < -0.4 is 5.32 Å². The zero-order chi connectivity index (χ0) is 8.55. The van der Waals surface area contributed by atoms with Gasteiger partial charge in [-0.25, -0.2) is 0 Å². The first-order valence-electron chi connectivity index (χ1n) is 5.24. The van der Waals surface area contributed by atoms with E-state index in [1.807, 2.05) is 0 Å². The lowest BCUT2D eigenvalue weighted by Crippen LogP contribution is -2.39. The molecule has 2 atom stereocenters. The smallest absolute Gasteiger partial charge is 0.0195 e. The molecular formula is C10H20N2. The molecule has 2 heteroatoms. The van der Waals surface area contributed by atoms with E-state index in [0.29, 0.717) is 0 Å². The highest BCUT2D eigenvalue weighted by atomic mass is 15.2. The predicted octanol–water partition coefficient (Wildman–Crippen LogP) is 1.08. The van der Waals surface area contributed by atoms with Crippen LogP contribution in [-0.2, 0) is 0 Å². The Balaban J connectivity index is 1.96. The molecule has 1 heterocycles. The van der Waals surface area contributed by atoms with E-state index in [2.05, 4.69) is 24.1 Å². The van der Waals surface area contributed by atoms with Crippen molar-refractivity contribution in [2.24, 2.45) is 5.92 Å². The van der Waals surface area contributed by atoms with Crippen LogP contribution in [0.2, 0.25) is 0 Å². The molecule has 0 aromatic heterocycles. The first kappa shape index (κ1) is 8.52. The summed E-state index contributed by atoms with van der Waals surface area (Å²) in [6.45, 7) is 8.39. The maximum atomic E-state index is 3.52. The van der Waals surface area contributed by atoms with Crippen LogP contribution in [0.25, 0.3) is 0 Å². The maximum absolute atomic E-state index is 3.52. The van der Waals surface area contributed by atoms with Crippen LogP contribution in [0.3, 0.4) is 0 Å². The minimum Gasteiger partial charge on any atom is -0.315 e. The Labute approximate surface area is 75.3 Å². The van der Waals surface area contributed by atoms with Crippen molar-refractivity contribution in [2.45, 2.75) is 38.8 Å². The van der Waals surface area contributed by atoms with Gasteiger partial charge < -0.3 is 5.32 Å². The molecule has 1 N–H and O–H groups in total. The van der Waals surface area contributed by atoms with E-state index >= 15 is 0 Å². The van der Waals surface area contributed by atoms with Gasteiger partial charge in [0.05, 0.1) is 0 Å². The molecule has 1 aliphatic heterocycles. The third-order valence-electron chi connectivity index (χ3n) is 3.04. The second kappa shape index (κ2) is 3.35. The summed E-state index contributed by atoms with van der Waals surface area (Å²) in [5, 5.41) is 3.52. The summed E-state index contributed by atoms with van der Waals surface area (Å²) in [6, 6.07) is 1.68. The molecule has 0 aromatic carbocycles. The van der Waals surface area contributed by atoms with Crippen molar-refractivity contribution in [2.75, 3.05) is 19.6 Å². The SMILES string of the molecule is CC1CNCC(C)N(C2CC2)C1. The van der Waals surface area contributed by atoms with Gasteiger partial charge in [-0.2, -0.15) is 0 Å². The fraction of sp³-hybridized carbons (Fsp3) is 1.00. The van der Waals surface area contributed by atoms with Crippen LogP contribution in [0.15, 0.2) is 0 Å². The normalized spacial score (nSPS) is 39.5. The molecule has 12 heavy (non-hydrogen) atoms. The van der Waals surface area contributed by atoms with Gasteiger partial charge in [0.15, 0.2) is 0 Å². The summed E-state index contributed by atoms with van der Waals surface area (Å²) in [7, 11) is 0. The van der Waals surface area contributed by atoms with E-state index in [-0.39, 0.29) is 0 Å². The first-order valence-corrected chi connectivity index (χ1v) is 5.24. The summed E-state index contributed by atoms with van der Waals surface area (Å²) in [5.41, 5.74) is 0. The Kier molecular flexibility index (Phi) is 2.37. The average Bonchev–Trinajstić information content (AvgIpc) is 2.79. The molecule has 2 unspecified atom stereocenters. The Morgan fingerprint density at radius 2 is 1.92 bits per heavy atom. The number of nitrogens with one attached hydrogen (secondary N) is 1. The Hall–Kier alpha value is -0.0800.